The van der Waals surface area contributed by atoms with Gasteiger partial charge >= 0.3 is 0 Å². The van der Waals surface area contributed by atoms with Crippen molar-refractivity contribution in [3.63, 3.8) is 0 Å². The molecule has 0 bridgehead atoms. The first-order valence-electron chi connectivity index (χ1n) is 8.00. The number of anilines is 1. The van der Waals surface area contributed by atoms with Crippen molar-refractivity contribution in [2.45, 2.75) is 43.8 Å². The number of aromatic nitrogens is 2. The number of rotatable bonds is 3. The Morgan fingerprint density at radius 1 is 1.17 bits per heavy atom. The molecule has 0 saturated heterocycles. The molecule has 0 saturated carbocycles. The van der Waals surface area contributed by atoms with Crippen molar-refractivity contribution in [2.75, 3.05) is 10.8 Å². The number of fused-ring (bicyclic) bond motifs is 2. The molecule has 23 heavy (non-hydrogen) atoms. The Bertz CT molecular complexity index is 857. The van der Waals surface area contributed by atoms with E-state index in [0.717, 1.165) is 54.9 Å². The minimum atomic E-state index is -3.57. The quantitative estimate of drug-likeness (QED) is 0.922. The minimum absolute atomic E-state index is 0.320. The molecule has 0 spiro atoms. The van der Waals surface area contributed by atoms with Crippen LogP contribution in [0.4, 0.5) is 5.69 Å². The van der Waals surface area contributed by atoms with Gasteiger partial charge in [-0.05, 0) is 36.5 Å². The molecule has 0 unspecified atom stereocenters. The lowest BCUT2D eigenvalue weighted by Gasteiger charge is -2.30. The third kappa shape index (κ3) is 2.26. The first kappa shape index (κ1) is 14.7. The van der Waals surface area contributed by atoms with E-state index in [1.807, 2.05) is 22.8 Å². The van der Waals surface area contributed by atoms with E-state index in [1.54, 1.807) is 0 Å². The summed E-state index contributed by atoms with van der Waals surface area (Å²) in [4.78, 5) is 4.28. The van der Waals surface area contributed by atoms with Crippen molar-refractivity contribution in [1.82, 2.24) is 9.55 Å². The number of nitrogens with zero attached hydrogens (tertiary/aromatic N) is 3. The Morgan fingerprint density at radius 2 is 2.00 bits per heavy atom. The van der Waals surface area contributed by atoms with Gasteiger partial charge in [0.15, 0.2) is 5.03 Å². The van der Waals surface area contributed by atoms with Crippen LogP contribution in [-0.4, -0.2) is 24.5 Å². The summed E-state index contributed by atoms with van der Waals surface area (Å²) >= 11 is 0. The zero-order valence-electron chi connectivity index (χ0n) is 12.9. The molecule has 2 aliphatic heterocycles. The molecule has 3 heterocycles. The van der Waals surface area contributed by atoms with Crippen LogP contribution in [0.25, 0.3) is 0 Å². The predicted octanol–water partition coefficient (Wildman–Crippen LogP) is 1.43. The van der Waals surface area contributed by atoms with E-state index in [2.05, 4.69) is 4.98 Å². The van der Waals surface area contributed by atoms with Gasteiger partial charge in [0, 0.05) is 26.1 Å². The van der Waals surface area contributed by atoms with Crippen LogP contribution in [0, 0.1) is 0 Å². The van der Waals surface area contributed by atoms with Crippen molar-refractivity contribution in [3.05, 3.63) is 41.3 Å². The molecule has 0 amide bonds. The van der Waals surface area contributed by atoms with E-state index in [0.29, 0.717) is 18.1 Å². The van der Waals surface area contributed by atoms with Gasteiger partial charge in [0.25, 0.3) is 10.0 Å². The van der Waals surface area contributed by atoms with Crippen molar-refractivity contribution in [2.24, 2.45) is 5.73 Å². The van der Waals surface area contributed by atoms with E-state index < -0.39 is 10.0 Å². The van der Waals surface area contributed by atoms with E-state index in [9.17, 15) is 8.42 Å². The number of imidazole rings is 1. The van der Waals surface area contributed by atoms with Gasteiger partial charge in [0.1, 0.15) is 5.82 Å². The van der Waals surface area contributed by atoms with Crippen LogP contribution in [0.5, 0.6) is 0 Å². The summed E-state index contributed by atoms with van der Waals surface area (Å²) < 4.78 is 29.7. The SMILES string of the molecule is NCc1ccc2c(c1)CCCN2S(=O)(=O)c1cnc2n1CCC2. The Labute approximate surface area is 136 Å². The number of benzene rings is 1. The summed E-state index contributed by atoms with van der Waals surface area (Å²) in [5.41, 5.74) is 8.57. The largest absolute Gasteiger partial charge is 0.326 e. The van der Waals surface area contributed by atoms with Gasteiger partial charge in [-0.2, -0.15) is 8.42 Å². The molecule has 2 N–H and O–H groups in total. The third-order valence-electron chi connectivity index (χ3n) is 4.69. The van der Waals surface area contributed by atoms with Gasteiger partial charge in [0.05, 0.1) is 11.9 Å². The van der Waals surface area contributed by atoms with Crippen molar-refractivity contribution >= 4 is 15.7 Å². The summed E-state index contributed by atoms with van der Waals surface area (Å²) in [6, 6.07) is 5.82. The van der Waals surface area contributed by atoms with Crippen LogP contribution >= 0.6 is 0 Å². The highest BCUT2D eigenvalue weighted by atomic mass is 32.2. The molecule has 2 aromatic rings. The maximum Gasteiger partial charge on any atom is 0.281 e. The minimum Gasteiger partial charge on any atom is -0.326 e. The van der Waals surface area contributed by atoms with Gasteiger partial charge in [0.2, 0.25) is 0 Å². The molecule has 0 aliphatic carbocycles. The second kappa shape index (κ2) is 5.35. The Kier molecular flexibility index (Phi) is 3.42. The molecule has 4 rings (SSSR count). The summed E-state index contributed by atoms with van der Waals surface area (Å²) in [7, 11) is -3.57. The van der Waals surface area contributed by atoms with Crippen LogP contribution < -0.4 is 10.0 Å². The van der Waals surface area contributed by atoms with Gasteiger partial charge < -0.3 is 10.3 Å². The average Bonchev–Trinajstić information content (AvgIpc) is 3.16. The molecule has 7 heteroatoms. The lowest BCUT2D eigenvalue weighted by Crippen LogP contribution is -2.36. The van der Waals surface area contributed by atoms with Crippen LogP contribution in [0.15, 0.2) is 29.4 Å². The average molecular weight is 332 g/mol. The lowest BCUT2D eigenvalue weighted by atomic mass is 10.0. The maximum absolute atomic E-state index is 13.2. The van der Waals surface area contributed by atoms with Crippen LogP contribution in [0.2, 0.25) is 0 Å². The summed E-state index contributed by atoms with van der Waals surface area (Å²) in [6.07, 6.45) is 5.03. The molecule has 6 nitrogen and oxygen atoms in total. The third-order valence-corrected chi connectivity index (χ3v) is 6.51. The second-order valence-electron chi connectivity index (χ2n) is 6.12. The highest BCUT2D eigenvalue weighted by molar-refractivity contribution is 7.92. The van der Waals surface area contributed by atoms with Crippen molar-refractivity contribution in [3.8, 4) is 0 Å². The molecule has 122 valence electrons. The molecule has 1 aromatic heterocycles. The summed E-state index contributed by atoms with van der Waals surface area (Å²) in [5, 5.41) is 0.320. The van der Waals surface area contributed by atoms with Crippen LogP contribution in [-0.2, 0) is 36.0 Å². The molecular formula is C16H20N4O2S. The number of sulfonamides is 1. The Balaban J connectivity index is 1.79. The van der Waals surface area contributed by atoms with Gasteiger partial charge in [-0.15, -0.1) is 0 Å². The van der Waals surface area contributed by atoms with Gasteiger partial charge in [-0.1, -0.05) is 12.1 Å². The highest BCUT2D eigenvalue weighted by Crippen LogP contribution is 2.33. The zero-order chi connectivity index (χ0) is 16.0. The fourth-order valence-electron chi connectivity index (χ4n) is 3.54. The smallest absolute Gasteiger partial charge is 0.281 e. The first-order chi connectivity index (χ1) is 11.1. The van der Waals surface area contributed by atoms with Gasteiger partial charge in [-0.3, -0.25) is 4.31 Å². The van der Waals surface area contributed by atoms with E-state index in [1.165, 1.54) is 10.5 Å². The molecule has 0 fully saturated rings. The van der Waals surface area contributed by atoms with Crippen LogP contribution in [0.3, 0.4) is 0 Å². The second-order valence-corrected chi connectivity index (χ2v) is 7.92. The Hall–Kier alpha value is -1.86. The summed E-state index contributed by atoms with van der Waals surface area (Å²) in [5.74, 6) is 0.874. The molecule has 1 aromatic carbocycles. The highest BCUT2D eigenvalue weighted by Gasteiger charge is 2.33. The topological polar surface area (TPSA) is 81.2 Å². The normalized spacial score (nSPS) is 17.2. The molecular weight excluding hydrogens is 312 g/mol. The van der Waals surface area contributed by atoms with E-state index >= 15 is 0 Å². The number of nitrogens with two attached hydrogens (primary N) is 1. The predicted molar refractivity (Wildman–Crippen MR) is 87.7 cm³/mol. The first-order valence-corrected chi connectivity index (χ1v) is 9.44. The van der Waals surface area contributed by atoms with Crippen molar-refractivity contribution in [1.29, 1.82) is 0 Å². The zero-order valence-corrected chi connectivity index (χ0v) is 13.7. The summed E-state index contributed by atoms with van der Waals surface area (Å²) in [6.45, 7) is 1.71. The fraction of sp³-hybridized carbons (Fsp3) is 0.438. The molecule has 0 atom stereocenters. The Morgan fingerprint density at radius 3 is 2.83 bits per heavy atom. The number of aryl methyl sites for hydroxylation is 2. The molecule has 0 radical (unpaired) electrons. The van der Waals surface area contributed by atoms with Crippen molar-refractivity contribution < 1.29 is 8.42 Å². The number of hydrogen-bond donors (Lipinski definition) is 1. The number of hydrogen-bond acceptors (Lipinski definition) is 4. The van der Waals surface area contributed by atoms with E-state index in [-0.39, 0.29) is 0 Å². The monoisotopic (exact) mass is 332 g/mol. The van der Waals surface area contributed by atoms with Crippen LogP contribution in [0.1, 0.15) is 29.8 Å². The fourth-order valence-corrected chi connectivity index (χ4v) is 5.24. The maximum atomic E-state index is 13.2. The van der Waals surface area contributed by atoms with E-state index in [4.69, 9.17) is 5.73 Å². The van der Waals surface area contributed by atoms with Gasteiger partial charge in [-0.25, -0.2) is 4.98 Å². The molecule has 2 aliphatic rings. The standard InChI is InChI=1S/C16H20N4O2S/c17-10-12-5-6-14-13(9-12)3-1-8-20(14)23(21,22)16-11-18-15-4-2-7-19(15)16/h5-6,9,11H,1-4,7-8,10,17H2. The lowest BCUT2D eigenvalue weighted by molar-refractivity contribution is 0.569.